The topological polar surface area (TPSA) is 15.4 Å². The van der Waals surface area contributed by atoms with Gasteiger partial charge in [-0.2, -0.15) is 0 Å². The molecule has 1 rings (SSSR count). The van der Waals surface area contributed by atoms with Crippen molar-refractivity contribution in [2.45, 2.75) is 79.4 Å². The van der Waals surface area contributed by atoms with E-state index >= 15 is 0 Å². The van der Waals surface area contributed by atoms with Gasteiger partial charge in [0.05, 0.1) is 11.6 Å². The van der Waals surface area contributed by atoms with Gasteiger partial charge in [-0.1, -0.05) is 20.8 Å². The van der Waals surface area contributed by atoms with Crippen LogP contribution in [-0.2, 0) is 0 Å². The zero-order valence-corrected chi connectivity index (χ0v) is 12.5. The van der Waals surface area contributed by atoms with Gasteiger partial charge in [0.1, 0.15) is 5.84 Å². The van der Waals surface area contributed by atoms with Crippen molar-refractivity contribution in [3.05, 3.63) is 0 Å². The predicted octanol–water partition coefficient (Wildman–Crippen LogP) is 3.71. The Balaban J connectivity index is 3.00. The molecule has 0 aromatic rings. The van der Waals surface area contributed by atoms with Crippen LogP contribution in [0.1, 0.15) is 62.3 Å². The number of nitrogens with zero attached hydrogens (tertiary/aromatic N) is 2. The van der Waals surface area contributed by atoms with Gasteiger partial charge < -0.3 is 4.90 Å². The fourth-order valence-corrected chi connectivity index (χ4v) is 2.15. The van der Waals surface area contributed by atoms with E-state index in [0.29, 0.717) is 6.04 Å². The second kappa shape index (κ2) is 3.48. The average molecular weight is 224 g/mol. The molecule has 1 atom stereocenters. The van der Waals surface area contributed by atoms with Crippen molar-refractivity contribution in [2.24, 2.45) is 10.4 Å². The number of rotatable bonds is 0. The van der Waals surface area contributed by atoms with Crippen LogP contribution in [0, 0.1) is 5.41 Å². The van der Waals surface area contributed by atoms with Gasteiger partial charge in [-0.3, -0.25) is 4.99 Å². The molecule has 0 spiro atoms. The molecule has 0 saturated carbocycles. The predicted molar refractivity (Wildman–Crippen MR) is 72.0 cm³/mol. The highest BCUT2D eigenvalue weighted by atomic mass is 15.4. The van der Waals surface area contributed by atoms with Crippen LogP contribution >= 0.6 is 0 Å². The summed E-state index contributed by atoms with van der Waals surface area (Å²) in [5.74, 6) is 1.28. The van der Waals surface area contributed by atoms with Crippen molar-refractivity contribution < 1.29 is 0 Å². The Bertz CT molecular complexity index is 272. The van der Waals surface area contributed by atoms with Gasteiger partial charge in [0.25, 0.3) is 0 Å². The molecule has 1 heterocycles. The number of amidine groups is 1. The molecule has 1 fully saturated rings. The van der Waals surface area contributed by atoms with Crippen molar-refractivity contribution in [2.75, 3.05) is 0 Å². The summed E-state index contributed by atoms with van der Waals surface area (Å²) >= 11 is 0. The van der Waals surface area contributed by atoms with Crippen molar-refractivity contribution >= 4 is 5.84 Å². The summed E-state index contributed by atoms with van der Waals surface area (Å²) in [6.07, 6.45) is 0. The maximum Gasteiger partial charge on any atom is 0.124 e. The van der Waals surface area contributed by atoms with Crippen molar-refractivity contribution in [1.82, 2.24) is 4.90 Å². The summed E-state index contributed by atoms with van der Waals surface area (Å²) in [4.78, 5) is 7.32. The van der Waals surface area contributed by atoms with Gasteiger partial charge >= 0.3 is 0 Å². The molecule has 0 radical (unpaired) electrons. The Morgan fingerprint density at radius 2 is 1.31 bits per heavy atom. The van der Waals surface area contributed by atoms with E-state index in [1.807, 2.05) is 0 Å². The number of hydrogen-bond donors (Lipinski definition) is 0. The van der Waals surface area contributed by atoms with Gasteiger partial charge in [0.15, 0.2) is 0 Å². The molecule has 0 aromatic heterocycles. The molecule has 0 N–H and O–H groups in total. The fraction of sp³-hybridized carbons (Fsp3) is 0.929. The van der Waals surface area contributed by atoms with Gasteiger partial charge in [0, 0.05) is 5.54 Å². The van der Waals surface area contributed by atoms with Gasteiger partial charge in [-0.15, -0.1) is 0 Å². The SMILES string of the molecule is CC(C)(C)N=C1C(C(C)(C)C)N1C(C)(C)C. The second-order valence-electron chi connectivity index (χ2n) is 7.95. The standard InChI is InChI=1S/C14H28N2/c1-12(2,3)10-11(15-13(4,5)6)16(10)14(7,8)9/h10H,1-9H3. The lowest BCUT2D eigenvalue weighted by molar-refractivity contribution is 0.235. The lowest BCUT2D eigenvalue weighted by atomic mass is 9.91. The molecule has 2 nitrogen and oxygen atoms in total. The summed E-state index contributed by atoms with van der Waals surface area (Å²) in [5, 5.41) is 0. The summed E-state index contributed by atoms with van der Waals surface area (Å²) in [5.41, 5.74) is 0.484. The molecule has 1 aliphatic heterocycles. The first-order valence-corrected chi connectivity index (χ1v) is 6.23. The lowest BCUT2D eigenvalue weighted by Crippen LogP contribution is -2.31. The molecule has 2 heteroatoms. The summed E-state index contributed by atoms with van der Waals surface area (Å²) in [6, 6.07) is 0.506. The van der Waals surface area contributed by atoms with E-state index in [1.165, 1.54) is 5.84 Å². The normalized spacial score (nSPS) is 25.2. The summed E-state index contributed by atoms with van der Waals surface area (Å²) in [7, 11) is 0. The Labute approximate surface area is 101 Å². The van der Waals surface area contributed by atoms with Gasteiger partial charge in [0.2, 0.25) is 0 Å². The van der Waals surface area contributed by atoms with Crippen molar-refractivity contribution in [1.29, 1.82) is 0 Å². The van der Waals surface area contributed by atoms with E-state index in [-0.39, 0.29) is 16.5 Å². The van der Waals surface area contributed by atoms with Crippen LogP contribution in [-0.4, -0.2) is 27.9 Å². The largest absolute Gasteiger partial charge is 0.343 e. The number of hydrogen-bond acceptors (Lipinski definition) is 1. The van der Waals surface area contributed by atoms with E-state index in [9.17, 15) is 0 Å². The molecular weight excluding hydrogens is 196 g/mol. The first kappa shape index (κ1) is 13.5. The Hall–Kier alpha value is -0.530. The molecule has 0 amide bonds. The van der Waals surface area contributed by atoms with Crippen molar-refractivity contribution in [3.63, 3.8) is 0 Å². The van der Waals surface area contributed by atoms with Crippen LogP contribution in [0.25, 0.3) is 0 Å². The van der Waals surface area contributed by atoms with E-state index in [4.69, 9.17) is 4.99 Å². The van der Waals surface area contributed by atoms with Crippen LogP contribution in [0.5, 0.6) is 0 Å². The minimum atomic E-state index is 0.0266. The lowest BCUT2D eigenvalue weighted by Gasteiger charge is -2.26. The third kappa shape index (κ3) is 2.99. The van der Waals surface area contributed by atoms with Crippen LogP contribution in [0.3, 0.4) is 0 Å². The molecular formula is C14H28N2. The van der Waals surface area contributed by atoms with Crippen molar-refractivity contribution in [3.8, 4) is 0 Å². The molecule has 1 unspecified atom stereocenters. The Morgan fingerprint density at radius 1 is 0.875 bits per heavy atom. The smallest absolute Gasteiger partial charge is 0.124 e. The molecule has 16 heavy (non-hydrogen) atoms. The first-order valence-electron chi connectivity index (χ1n) is 6.23. The molecule has 94 valence electrons. The maximum absolute atomic E-state index is 4.86. The molecule has 0 bridgehead atoms. The van der Waals surface area contributed by atoms with E-state index < -0.39 is 0 Å². The summed E-state index contributed by atoms with van der Waals surface area (Å²) < 4.78 is 0. The highest BCUT2D eigenvalue weighted by Crippen LogP contribution is 2.43. The van der Waals surface area contributed by atoms with E-state index in [2.05, 4.69) is 67.2 Å². The molecule has 1 saturated heterocycles. The Morgan fingerprint density at radius 3 is 1.50 bits per heavy atom. The van der Waals surface area contributed by atoms with Gasteiger partial charge in [-0.25, -0.2) is 0 Å². The van der Waals surface area contributed by atoms with E-state index in [1.54, 1.807) is 0 Å². The molecule has 0 aliphatic carbocycles. The average Bonchev–Trinajstić information content (AvgIpc) is 2.54. The highest BCUT2D eigenvalue weighted by Gasteiger charge is 2.55. The minimum Gasteiger partial charge on any atom is -0.343 e. The van der Waals surface area contributed by atoms with Crippen LogP contribution in [0.2, 0.25) is 0 Å². The monoisotopic (exact) mass is 224 g/mol. The van der Waals surface area contributed by atoms with Crippen LogP contribution < -0.4 is 0 Å². The quantitative estimate of drug-likeness (QED) is 0.573. The molecule has 0 aromatic carbocycles. The second-order valence-corrected chi connectivity index (χ2v) is 7.95. The Kier molecular flexibility index (Phi) is 2.94. The van der Waals surface area contributed by atoms with E-state index in [0.717, 1.165) is 0 Å². The zero-order valence-electron chi connectivity index (χ0n) is 12.5. The third-order valence-corrected chi connectivity index (χ3v) is 2.67. The van der Waals surface area contributed by atoms with Gasteiger partial charge in [-0.05, 0) is 47.0 Å². The first-order chi connectivity index (χ1) is 6.84. The number of aliphatic imine (C=N–C) groups is 1. The molecule has 1 aliphatic rings. The minimum absolute atomic E-state index is 0.0266. The zero-order chi connectivity index (χ0) is 12.9. The third-order valence-electron chi connectivity index (χ3n) is 2.67. The maximum atomic E-state index is 4.86. The van der Waals surface area contributed by atoms with Crippen LogP contribution in [0.4, 0.5) is 0 Å². The fourth-order valence-electron chi connectivity index (χ4n) is 2.15. The van der Waals surface area contributed by atoms with Crippen LogP contribution in [0.15, 0.2) is 4.99 Å². The highest BCUT2D eigenvalue weighted by molar-refractivity contribution is 6.03. The summed E-state index contributed by atoms with van der Waals surface area (Å²) in [6.45, 7) is 20.2.